The first-order chi connectivity index (χ1) is 18.5. The summed E-state index contributed by atoms with van der Waals surface area (Å²) in [6, 6.07) is 8.00. The zero-order valence-corrected chi connectivity index (χ0v) is 22.7. The van der Waals surface area contributed by atoms with Crippen LogP contribution in [0, 0.1) is 0 Å². The van der Waals surface area contributed by atoms with Gasteiger partial charge in [0, 0.05) is 33.3 Å². The lowest BCUT2D eigenvalue weighted by Gasteiger charge is -2.43. The van der Waals surface area contributed by atoms with Crippen LogP contribution < -0.4 is 9.47 Å². The van der Waals surface area contributed by atoms with Gasteiger partial charge >= 0.3 is 23.9 Å². The molecule has 0 saturated carbocycles. The highest BCUT2D eigenvalue weighted by atomic mass is 32.1. The monoisotopic (exact) mass is 564 g/mol. The van der Waals surface area contributed by atoms with Crippen LogP contribution in [0.3, 0.4) is 0 Å². The number of benzene rings is 1. The van der Waals surface area contributed by atoms with Gasteiger partial charge in [0.15, 0.2) is 12.2 Å². The third kappa shape index (κ3) is 7.77. The summed E-state index contributed by atoms with van der Waals surface area (Å²) < 4.78 is 38.3. The molecule has 5 atom stereocenters. The standard InChI is InChI=1S/C26H28O12S/c1-13(27)33-12-20-22(34-14(2)28)23(35-15(3)29)24(36-16(4)30)26(38-20)37-19-10-11-39-25(19)21(31)17-6-8-18(32-5)9-7-17/h6-11,20,22-24,26H,12H2,1-5H3. The molecule has 1 aliphatic heterocycles. The van der Waals surface area contributed by atoms with E-state index in [9.17, 15) is 24.0 Å². The Morgan fingerprint density at radius 1 is 0.795 bits per heavy atom. The molecule has 0 amide bonds. The summed E-state index contributed by atoms with van der Waals surface area (Å²) in [6.07, 6.45) is -6.78. The first-order valence-corrected chi connectivity index (χ1v) is 12.6. The molecule has 0 radical (unpaired) electrons. The molecule has 210 valence electrons. The quantitative estimate of drug-likeness (QED) is 0.237. The number of ether oxygens (including phenoxy) is 7. The van der Waals surface area contributed by atoms with Gasteiger partial charge in [0.2, 0.25) is 18.2 Å². The van der Waals surface area contributed by atoms with Gasteiger partial charge in [0.1, 0.15) is 29.1 Å². The maximum Gasteiger partial charge on any atom is 0.303 e. The fraction of sp³-hybridized carbons (Fsp3) is 0.423. The van der Waals surface area contributed by atoms with Gasteiger partial charge in [-0.1, -0.05) is 0 Å². The SMILES string of the molecule is COc1ccc(C(=O)c2sccc2OC2OC(COC(C)=O)C(OC(C)=O)C(OC(C)=O)C2OC(C)=O)cc1. The molecule has 39 heavy (non-hydrogen) atoms. The van der Waals surface area contributed by atoms with Gasteiger partial charge in [0.05, 0.1) is 7.11 Å². The van der Waals surface area contributed by atoms with E-state index >= 15 is 0 Å². The first kappa shape index (κ1) is 29.6. The Bertz CT molecular complexity index is 1200. The van der Waals surface area contributed by atoms with E-state index in [0.717, 1.165) is 32.1 Å². The highest BCUT2D eigenvalue weighted by molar-refractivity contribution is 7.12. The fourth-order valence-electron chi connectivity index (χ4n) is 3.84. The van der Waals surface area contributed by atoms with Crippen molar-refractivity contribution >= 4 is 41.0 Å². The predicted octanol–water partition coefficient (Wildman–Crippen LogP) is 2.45. The second kappa shape index (κ2) is 13.2. The third-order valence-electron chi connectivity index (χ3n) is 5.38. The van der Waals surface area contributed by atoms with Crippen LogP contribution in [-0.2, 0) is 42.9 Å². The molecular formula is C26H28O12S. The molecule has 0 spiro atoms. The summed E-state index contributed by atoms with van der Waals surface area (Å²) in [7, 11) is 1.51. The molecule has 3 rings (SSSR count). The number of methoxy groups -OCH3 is 1. The first-order valence-electron chi connectivity index (χ1n) is 11.7. The topological polar surface area (TPSA) is 150 Å². The van der Waals surface area contributed by atoms with Crippen molar-refractivity contribution < 1.29 is 57.1 Å². The molecule has 13 heteroatoms. The highest BCUT2D eigenvalue weighted by Gasteiger charge is 2.53. The fourth-order valence-corrected chi connectivity index (χ4v) is 4.62. The number of hydrogen-bond acceptors (Lipinski definition) is 13. The molecule has 2 heterocycles. The van der Waals surface area contributed by atoms with Crippen molar-refractivity contribution in [2.75, 3.05) is 13.7 Å². The normalized spacial score (nSPS) is 22.2. The van der Waals surface area contributed by atoms with Crippen LogP contribution >= 0.6 is 11.3 Å². The maximum atomic E-state index is 13.2. The van der Waals surface area contributed by atoms with E-state index in [2.05, 4.69) is 0 Å². The number of esters is 4. The number of ketones is 1. The Labute approximate surface area is 228 Å². The van der Waals surface area contributed by atoms with Crippen molar-refractivity contribution in [1.82, 2.24) is 0 Å². The minimum absolute atomic E-state index is 0.0988. The Hall–Kier alpha value is -3.97. The molecule has 0 aliphatic carbocycles. The highest BCUT2D eigenvalue weighted by Crippen LogP contribution is 2.34. The summed E-state index contributed by atoms with van der Waals surface area (Å²) in [5.74, 6) is -2.61. The summed E-state index contributed by atoms with van der Waals surface area (Å²) >= 11 is 1.11. The van der Waals surface area contributed by atoms with Gasteiger partial charge in [-0.2, -0.15) is 0 Å². The van der Waals surface area contributed by atoms with Crippen LogP contribution in [-0.4, -0.2) is 74.1 Å². The molecule has 0 N–H and O–H groups in total. The zero-order chi connectivity index (χ0) is 28.7. The molecule has 0 bridgehead atoms. The Morgan fingerprint density at radius 2 is 1.38 bits per heavy atom. The van der Waals surface area contributed by atoms with Gasteiger partial charge < -0.3 is 33.2 Å². The van der Waals surface area contributed by atoms with Gasteiger partial charge in [-0.25, -0.2) is 0 Å². The smallest absolute Gasteiger partial charge is 0.303 e. The molecule has 12 nitrogen and oxygen atoms in total. The second-order valence-corrected chi connectivity index (χ2v) is 9.27. The van der Waals surface area contributed by atoms with E-state index in [1.54, 1.807) is 29.6 Å². The lowest BCUT2D eigenvalue weighted by atomic mass is 9.98. The van der Waals surface area contributed by atoms with Crippen molar-refractivity contribution in [3.8, 4) is 11.5 Å². The van der Waals surface area contributed by atoms with E-state index < -0.39 is 61.2 Å². The van der Waals surface area contributed by atoms with E-state index in [1.165, 1.54) is 20.1 Å². The zero-order valence-electron chi connectivity index (χ0n) is 21.9. The average molecular weight is 565 g/mol. The molecule has 1 aromatic heterocycles. The maximum absolute atomic E-state index is 13.2. The number of carbonyl (C=O) groups excluding carboxylic acids is 5. The Morgan fingerprint density at radius 3 is 1.95 bits per heavy atom. The van der Waals surface area contributed by atoms with Crippen molar-refractivity contribution in [3.63, 3.8) is 0 Å². The molecule has 1 aliphatic rings. The lowest BCUT2D eigenvalue weighted by Crippen LogP contribution is -2.63. The number of thiophene rings is 1. The minimum atomic E-state index is -1.46. The van der Waals surface area contributed by atoms with E-state index in [-0.39, 0.29) is 16.4 Å². The van der Waals surface area contributed by atoms with Gasteiger partial charge in [-0.05, 0) is 35.7 Å². The number of carbonyl (C=O) groups is 5. The van der Waals surface area contributed by atoms with E-state index in [0.29, 0.717) is 11.3 Å². The van der Waals surface area contributed by atoms with Crippen LogP contribution in [0.25, 0.3) is 0 Å². The van der Waals surface area contributed by atoms with Crippen LogP contribution in [0.1, 0.15) is 42.9 Å². The largest absolute Gasteiger partial charge is 0.497 e. The van der Waals surface area contributed by atoms with Crippen molar-refractivity contribution in [2.24, 2.45) is 0 Å². The van der Waals surface area contributed by atoms with Gasteiger partial charge in [-0.3, -0.25) is 24.0 Å². The molecule has 1 aromatic carbocycles. The van der Waals surface area contributed by atoms with Crippen LogP contribution in [0.4, 0.5) is 0 Å². The second-order valence-electron chi connectivity index (χ2n) is 8.36. The summed E-state index contributed by atoms with van der Waals surface area (Å²) in [4.78, 5) is 60.8. The lowest BCUT2D eigenvalue weighted by molar-refractivity contribution is -0.288. The van der Waals surface area contributed by atoms with Crippen molar-refractivity contribution in [3.05, 3.63) is 46.2 Å². The van der Waals surface area contributed by atoms with Gasteiger partial charge in [0.25, 0.3) is 0 Å². The summed E-state index contributed by atoms with van der Waals surface area (Å²) in [5.41, 5.74) is 0.365. The van der Waals surface area contributed by atoms with E-state index in [4.69, 9.17) is 33.2 Å². The third-order valence-corrected chi connectivity index (χ3v) is 6.27. The van der Waals surface area contributed by atoms with Crippen molar-refractivity contribution in [2.45, 2.75) is 58.4 Å². The summed E-state index contributed by atoms with van der Waals surface area (Å²) in [5, 5.41) is 1.62. The molecular weight excluding hydrogens is 536 g/mol. The van der Waals surface area contributed by atoms with Crippen molar-refractivity contribution in [1.29, 1.82) is 0 Å². The predicted molar refractivity (Wildman–Crippen MR) is 133 cm³/mol. The van der Waals surface area contributed by atoms with Gasteiger partial charge in [-0.15, -0.1) is 11.3 Å². The molecule has 1 saturated heterocycles. The Balaban J connectivity index is 1.98. The van der Waals surface area contributed by atoms with E-state index in [1.807, 2.05) is 0 Å². The van der Waals surface area contributed by atoms with Crippen LogP contribution in [0.5, 0.6) is 11.5 Å². The Kier molecular flexibility index (Phi) is 10.0. The average Bonchev–Trinajstić information content (AvgIpc) is 3.33. The minimum Gasteiger partial charge on any atom is -0.497 e. The molecule has 1 fully saturated rings. The number of rotatable bonds is 10. The molecule has 5 unspecified atom stereocenters. The van der Waals surface area contributed by atoms with Crippen LogP contribution in [0.15, 0.2) is 35.7 Å². The summed E-state index contributed by atoms with van der Waals surface area (Å²) in [6.45, 7) is 4.13. The van der Waals surface area contributed by atoms with Crippen LogP contribution in [0.2, 0.25) is 0 Å². The number of hydrogen-bond donors (Lipinski definition) is 0. The molecule has 2 aromatic rings.